The van der Waals surface area contributed by atoms with Gasteiger partial charge in [-0.15, -0.1) is 11.3 Å². The first-order valence-electron chi connectivity index (χ1n) is 9.59. The summed E-state index contributed by atoms with van der Waals surface area (Å²) in [5, 5.41) is 3.08. The maximum absolute atomic E-state index is 12.9. The SMILES string of the molecule is O=C(CCN(Cc1ccccc1)Cc1ccccc1)c1csc2ccccc12. The number of hydrogen-bond acceptors (Lipinski definition) is 3. The van der Waals surface area contributed by atoms with Gasteiger partial charge in [-0.1, -0.05) is 78.9 Å². The van der Waals surface area contributed by atoms with E-state index in [0.29, 0.717) is 6.42 Å². The van der Waals surface area contributed by atoms with E-state index in [1.54, 1.807) is 11.3 Å². The highest BCUT2D eigenvalue weighted by molar-refractivity contribution is 7.17. The summed E-state index contributed by atoms with van der Waals surface area (Å²) in [7, 11) is 0. The minimum absolute atomic E-state index is 0.226. The Kier molecular flexibility index (Phi) is 5.95. The van der Waals surface area contributed by atoms with E-state index in [1.807, 2.05) is 35.7 Å². The Labute approximate surface area is 170 Å². The molecule has 0 saturated carbocycles. The van der Waals surface area contributed by atoms with Crippen LogP contribution >= 0.6 is 11.3 Å². The molecule has 0 atom stereocenters. The fourth-order valence-corrected chi connectivity index (χ4v) is 4.45. The second kappa shape index (κ2) is 8.96. The molecular formula is C25H23NOS. The van der Waals surface area contributed by atoms with Crippen LogP contribution in [0.15, 0.2) is 90.3 Å². The van der Waals surface area contributed by atoms with Crippen LogP contribution in [0.2, 0.25) is 0 Å². The molecule has 0 amide bonds. The Hall–Kier alpha value is -2.75. The van der Waals surface area contributed by atoms with Gasteiger partial charge in [0.2, 0.25) is 0 Å². The maximum Gasteiger partial charge on any atom is 0.165 e. The van der Waals surface area contributed by atoms with Crippen molar-refractivity contribution < 1.29 is 4.79 Å². The van der Waals surface area contributed by atoms with Crippen LogP contribution in [-0.4, -0.2) is 17.2 Å². The molecule has 4 rings (SSSR count). The van der Waals surface area contributed by atoms with Gasteiger partial charge in [0.25, 0.3) is 0 Å². The molecule has 0 N–H and O–H groups in total. The molecule has 2 nitrogen and oxygen atoms in total. The molecule has 0 unspecified atom stereocenters. The third-order valence-corrected chi connectivity index (χ3v) is 5.90. The highest BCUT2D eigenvalue weighted by atomic mass is 32.1. The Morgan fingerprint density at radius 1 is 0.750 bits per heavy atom. The summed E-state index contributed by atoms with van der Waals surface area (Å²) < 4.78 is 1.18. The molecule has 0 spiro atoms. The summed E-state index contributed by atoms with van der Waals surface area (Å²) in [6.45, 7) is 2.42. The van der Waals surface area contributed by atoms with Crippen molar-refractivity contribution in [1.29, 1.82) is 0 Å². The molecule has 1 heterocycles. The summed E-state index contributed by atoms with van der Waals surface area (Å²) >= 11 is 1.65. The number of fused-ring (bicyclic) bond motifs is 1. The van der Waals surface area contributed by atoms with Gasteiger partial charge in [-0.25, -0.2) is 0 Å². The van der Waals surface area contributed by atoms with Crippen LogP contribution in [0.1, 0.15) is 27.9 Å². The highest BCUT2D eigenvalue weighted by Gasteiger charge is 2.14. The van der Waals surface area contributed by atoms with Gasteiger partial charge in [-0.05, 0) is 17.2 Å². The molecule has 3 aromatic carbocycles. The highest BCUT2D eigenvalue weighted by Crippen LogP contribution is 2.26. The summed E-state index contributed by atoms with van der Waals surface area (Å²) in [4.78, 5) is 15.3. The second-order valence-electron chi connectivity index (χ2n) is 7.00. The van der Waals surface area contributed by atoms with Crippen molar-refractivity contribution in [3.8, 4) is 0 Å². The van der Waals surface area contributed by atoms with E-state index in [-0.39, 0.29) is 5.78 Å². The fourth-order valence-electron chi connectivity index (χ4n) is 3.49. The summed E-state index contributed by atoms with van der Waals surface area (Å²) in [6, 6.07) is 29.1. The standard InChI is InChI=1S/C25H23NOS/c27-24(23-19-28-25-14-8-7-13-22(23)25)15-16-26(17-20-9-3-1-4-10-20)18-21-11-5-2-6-12-21/h1-14,19H,15-18H2. The number of carbonyl (C=O) groups is 1. The van der Waals surface area contributed by atoms with Crippen LogP contribution in [0.25, 0.3) is 10.1 Å². The van der Waals surface area contributed by atoms with E-state index in [1.165, 1.54) is 15.8 Å². The minimum atomic E-state index is 0.226. The van der Waals surface area contributed by atoms with Crippen molar-refractivity contribution in [3.05, 3.63) is 107 Å². The van der Waals surface area contributed by atoms with Crippen LogP contribution < -0.4 is 0 Å². The predicted octanol–water partition coefficient (Wildman–Crippen LogP) is 6.18. The summed E-state index contributed by atoms with van der Waals surface area (Å²) in [6.07, 6.45) is 0.528. The summed E-state index contributed by atoms with van der Waals surface area (Å²) in [5.41, 5.74) is 3.40. The van der Waals surface area contributed by atoms with Crippen LogP contribution in [0.3, 0.4) is 0 Å². The van der Waals surface area contributed by atoms with E-state index in [2.05, 4.69) is 59.5 Å². The third kappa shape index (κ3) is 4.56. The average Bonchev–Trinajstić information content (AvgIpc) is 3.18. The maximum atomic E-state index is 12.9. The number of rotatable bonds is 8. The zero-order valence-electron chi connectivity index (χ0n) is 15.8. The van der Waals surface area contributed by atoms with Crippen LogP contribution in [0.5, 0.6) is 0 Å². The first kappa shape index (κ1) is 18.6. The Morgan fingerprint density at radius 2 is 1.32 bits per heavy atom. The zero-order valence-corrected chi connectivity index (χ0v) is 16.6. The lowest BCUT2D eigenvalue weighted by molar-refractivity contribution is 0.0962. The first-order chi connectivity index (χ1) is 13.8. The molecule has 0 aliphatic heterocycles. The van der Waals surface area contributed by atoms with Crippen molar-refractivity contribution in [3.63, 3.8) is 0 Å². The molecule has 0 fully saturated rings. The van der Waals surface area contributed by atoms with Crippen molar-refractivity contribution in [2.45, 2.75) is 19.5 Å². The van der Waals surface area contributed by atoms with Crippen molar-refractivity contribution >= 4 is 27.2 Å². The Bertz CT molecular complexity index is 998. The second-order valence-corrected chi connectivity index (χ2v) is 7.91. The number of Topliss-reactive ketones (excluding diaryl/α,β-unsaturated/α-hetero) is 1. The van der Waals surface area contributed by atoms with E-state index >= 15 is 0 Å². The molecule has 1 aromatic heterocycles. The molecule has 0 aliphatic rings. The number of nitrogens with zero attached hydrogens (tertiary/aromatic N) is 1. The van der Waals surface area contributed by atoms with Gasteiger partial charge >= 0.3 is 0 Å². The molecule has 3 heteroatoms. The van der Waals surface area contributed by atoms with Crippen molar-refractivity contribution in [2.24, 2.45) is 0 Å². The van der Waals surface area contributed by atoms with E-state index in [4.69, 9.17) is 0 Å². The number of thiophene rings is 1. The average molecular weight is 386 g/mol. The normalized spacial score (nSPS) is 11.2. The van der Waals surface area contributed by atoms with Crippen LogP contribution in [-0.2, 0) is 13.1 Å². The topological polar surface area (TPSA) is 20.3 Å². The lowest BCUT2D eigenvalue weighted by Crippen LogP contribution is -2.25. The number of carbonyl (C=O) groups excluding carboxylic acids is 1. The van der Waals surface area contributed by atoms with Gasteiger partial charge in [0.1, 0.15) is 0 Å². The van der Waals surface area contributed by atoms with E-state index < -0.39 is 0 Å². The van der Waals surface area contributed by atoms with Gasteiger partial charge in [0.05, 0.1) is 0 Å². The molecular weight excluding hydrogens is 362 g/mol. The third-order valence-electron chi connectivity index (χ3n) is 4.93. The van der Waals surface area contributed by atoms with Crippen molar-refractivity contribution in [1.82, 2.24) is 4.90 Å². The number of hydrogen-bond donors (Lipinski definition) is 0. The van der Waals surface area contributed by atoms with Gasteiger partial charge in [0.15, 0.2) is 5.78 Å². The van der Waals surface area contributed by atoms with E-state index in [9.17, 15) is 4.79 Å². The Morgan fingerprint density at radius 3 is 1.96 bits per heavy atom. The molecule has 0 radical (unpaired) electrons. The lowest BCUT2D eigenvalue weighted by atomic mass is 10.1. The minimum Gasteiger partial charge on any atom is -0.294 e. The monoisotopic (exact) mass is 385 g/mol. The number of ketones is 1. The van der Waals surface area contributed by atoms with E-state index in [0.717, 1.165) is 30.6 Å². The van der Waals surface area contributed by atoms with Crippen molar-refractivity contribution in [2.75, 3.05) is 6.54 Å². The lowest BCUT2D eigenvalue weighted by Gasteiger charge is -2.22. The van der Waals surface area contributed by atoms with Crippen LogP contribution in [0, 0.1) is 0 Å². The van der Waals surface area contributed by atoms with Gasteiger partial charge in [0, 0.05) is 47.1 Å². The van der Waals surface area contributed by atoms with Gasteiger partial charge in [-0.3, -0.25) is 9.69 Å². The Balaban J connectivity index is 1.47. The molecule has 0 bridgehead atoms. The smallest absolute Gasteiger partial charge is 0.165 e. The largest absolute Gasteiger partial charge is 0.294 e. The molecule has 140 valence electrons. The van der Waals surface area contributed by atoms with Gasteiger partial charge < -0.3 is 0 Å². The zero-order chi connectivity index (χ0) is 19.2. The molecule has 28 heavy (non-hydrogen) atoms. The predicted molar refractivity (Wildman–Crippen MR) is 118 cm³/mol. The molecule has 0 saturated heterocycles. The van der Waals surface area contributed by atoms with Gasteiger partial charge in [-0.2, -0.15) is 0 Å². The molecule has 0 aliphatic carbocycles. The van der Waals surface area contributed by atoms with Crippen LogP contribution in [0.4, 0.5) is 0 Å². The molecule has 4 aromatic rings. The summed E-state index contributed by atoms with van der Waals surface area (Å²) in [5.74, 6) is 0.226. The quantitative estimate of drug-likeness (QED) is 0.338. The number of benzene rings is 3. The first-order valence-corrected chi connectivity index (χ1v) is 10.5. The fraction of sp³-hybridized carbons (Fsp3) is 0.160.